The van der Waals surface area contributed by atoms with Crippen LogP contribution in [0.4, 0.5) is 0 Å². The molecule has 2 aliphatic heterocycles. The van der Waals surface area contributed by atoms with E-state index in [1.54, 1.807) is 21.8 Å². The number of ketones is 1. The highest BCUT2D eigenvalue weighted by molar-refractivity contribution is 7.91. The first-order valence-electron chi connectivity index (χ1n) is 10.3. The summed E-state index contributed by atoms with van der Waals surface area (Å²) in [5.41, 5.74) is 0.0473. The zero-order valence-corrected chi connectivity index (χ0v) is 17.3. The molecule has 0 radical (unpaired) electrons. The van der Waals surface area contributed by atoms with Gasteiger partial charge in [0, 0.05) is 38.0 Å². The number of hydrogen-bond donors (Lipinski definition) is 0. The lowest BCUT2D eigenvalue weighted by Crippen LogP contribution is -2.45. The second-order valence-electron chi connectivity index (χ2n) is 9.38. The lowest BCUT2D eigenvalue weighted by atomic mass is 9.78. The number of rotatable bonds is 3. The molecule has 3 heterocycles. The summed E-state index contributed by atoms with van der Waals surface area (Å²) in [6, 6.07) is 3.44. The Balaban J connectivity index is 1.12. The Morgan fingerprint density at radius 1 is 1.18 bits per heavy atom. The highest BCUT2D eigenvalue weighted by Gasteiger charge is 2.75. The highest BCUT2D eigenvalue weighted by Crippen LogP contribution is 2.71. The van der Waals surface area contributed by atoms with Crippen LogP contribution in [0.3, 0.4) is 0 Å². The number of thiophene rings is 1. The summed E-state index contributed by atoms with van der Waals surface area (Å²) < 4.78 is 27.5. The molecule has 6 nitrogen and oxygen atoms in total. The first-order chi connectivity index (χ1) is 13.4. The lowest BCUT2D eigenvalue weighted by Gasteiger charge is -2.38. The molecule has 4 bridgehead atoms. The van der Waals surface area contributed by atoms with E-state index in [-0.39, 0.29) is 29.1 Å². The maximum Gasteiger partial charge on any atom is 0.252 e. The largest absolute Gasteiger partial charge is 0.342 e. The lowest BCUT2D eigenvalue weighted by molar-refractivity contribution is -0.138. The first-order valence-corrected chi connectivity index (χ1v) is 12.6. The molecule has 1 amide bonds. The molecule has 1 spiro atoms. The Labute approximate surface area is 168 Å². The van der Waals surface area contributed by atoms with Crippen molar-refractivity contribution in [1.82, 2.24) is 9.21 Å². The third-order valence-electron chi connectivity index (χ3n) is 8.21. The van der Waals surface area contributed by atoms with Gasteiger partial charge in [0.15, 0.2) is 0 Å². The first kappa shape index (κ1) is 17.6. The Kier molecular flexibility index (Phi) is 3.56. The van der Waals surface area contributed by atoms with Gasteiger partial charge in [-0.05, 0) is 54.4 Å². The van der Waals surface area contributed by atoms with Gasteiger partial charge in [-0.2, -0.15) is 4.31 Å². The Bertz CT molecular complexity index is 949. The molecular formula is C20H24N2O4S2. The van der Waals surface area contributed by atoms with Crippen molar-refractivity contribution in [3.05, 3.63) is 17.5 Å². The molecule has 6 fully saturated rings. The Morgan fingerprint density at radius 2 is 1.93 bits per heavy atom. The zero-order valence-electron chi connectivity index (χ0n) is 15.6. The molecule has 150 valence electrons. The van der Waals surface area contributed by atoms with E-state index in [0.29, 0.717) is 34.9 Å². The van der Waals surface area contributed by atoms with Crippen LogP contribution in [0.1, 0.15) is 25.7 Å². The molecule has 1 aromatic rings. The van der Waals surface area contributed by atoms with Crippen LogP contribution in [0, 0.1) is 35.0 Å². The minimum absolute atomic E-state index is 0.00170. The van der Waals surface area contributed by atoms with E-state index in [4.69, 9.17) is 0 Å². The smallest absolute Gasteiger partial charge is 0.252 e. The summed E-state index contributed by atoms with van der Waals surface area (Å²) in [5, 5.41) is 1.79. The zero-order chi connectivity index (χ0) is 19.3. The summed E-state index contributed by atoms with van der Waals surface area (Å²) in [4.78, 5) is 27.3. The van der Waals surface area contributed by atoms with Crippen molar-refractivity contribution in [3.63, 3.8) is 0 Å². The van der Waals surface area contributed by atoms with Crippen LogP contribution in [0.5, 0.6) is 0 Å². The third kappa shape index (κ3) is 2.25. The Morgan fingerprint density at radius 3 is 2.50 bits per heavy atom. The highest BCUT2D eigenvalue weighted by atomic mass is 32.2. The van der Waals surface area contributed by atoms with Crippen molar-refractivity contribution in [2.24, 2.45) is 35.0 Å². The summed E-state index contributed by atoms with van der Waals surface area (Å²) >= 11 is 1.26. The fourth-order valence-electron chi connectivity index (χ4n) is 6.66. The van der Waals surface area contributed by atoms with Gasteiger partial charge >= 0.3 is 0 Å². The van der Waals surface area contributed by atoms with Crippen LogP contribution in [0.2, 0.25) is 0 Å². The average molecular weight is 421 g/mol. The monoisotopic (exact) mass is 420 g/mol. The summed E-state index contributed by atoms with van der Waals surface area (Å²) in [5.74, 6) is 1.58. The predicted octanol–water partition coefficient (Wildman–Crippen LogP) is 1.83. The van der Waals surface area contributed by atoms with Gasteiger partial charge in [0.2, 0.25) is 5.91 Å². The molecule has 6 aliphatic rings. The normalized spacial score (nSPS) is 38.5. The van der Waals surface area contributed by atoms with Crippen LogP contribution in [0.15, 0.2) is 21.7 Å². The van der Waals surface area contributed by atoms with Crippen molar-refractivity contribution >= 4 is 33.1 Å². The van der Waals surface area contributed by atoms with Gasteiger partial charge in [-0.1, -0.05) is 6.07 Å². The molecule has 0 aromatic carbocycles. The van der Waals surface area contributed by atoms with E-state index >= 15 is 0 Å². The van der Waals surface area contributed by atoms with Gasteiger partial charge < -0.3 is 4.90 Å². The number of carbonyl (C=O) groups excluding carboxylic acids is 2. The standard InChI is InChI=1S/C20H24N2O4S2/c23-18-13-10-12-15(16(12)18)17(13)19(24)21-6-3-20(11-21)4-7-22(8-5-20)28(25,26)14-2-1-9-27-14/h1-2,9,12-13,15-17H,3-8,10-11H2/t12-,13+,15+,16-,17-/m1/s1. The van der Waals surface area contributed by atoms with Crippen molar-refractivity contribution in [1.29, 1.82) is 0 Å². The summed E-state index contributed by atoms with van der Waals surface area (Å²) in [6.07, 6.45) is 3.51. The molecule has 1 aromatic heterocycles. The number of piperidine rings is 1. The van der Waals surface area contributed by atoms with E-state index < -0.39 is 10.0 Å². The van der Waals surface area contributed by atoms with Crippen LogP contribution in [0.25, 0.3) is 0 Å². The second kappa shape index (κ2) is 5.67. The fourth-order valence-corrected chi connectivity index (χ4v) is 9.25. The SMILES string of the molecule is O=C1[C@@H]2[C@@H]3C[C@H]1[C@@H](C(=O)N1CCC4(CCN(S(=O)(=O)c5cccs5)CC4)C1)[C@@H]32. The van der Waals surface area contributed by atoms with Crippen LogP contribution < -0.4 is 0 Å². The Hall–Kier alpha value is -1.25. The molecular weight excluding hydrogens is 396 g/mol. The van der Waals surface area contributed by atoms with E-state index in [9.17, 15) is 18.0 Å². The molecule has 0 N–H and O–H groups in total. The van der Waals surface area contributed by atoms with Crippen molar-refractivity contribution in [2.45, 2.75) is 29.9 Å². The maximum atomic E-state index is 13.1. The van der Waals surface area contributed by atoms with Crippen molar-refractivity contribution in [3.8, 4) is 0 Å². The van der Waals surface area contributed by atoms with E-state index in [1.807, 2.05) is 4.90 Å². The summed E-state index contributed by atoms with van der Waals surface area (Å²) in [7, 11) is -3.38. The maximum absolute atomic E-state index is 13.1. The van der Waals surface area contributed by atoms with Crippen LogP contribution in [-0.2, 0) is 19.6 Å². The predicted molar refractivity (Wildman–Crippen MR) is 103 cm³/mol. The minimum atomic E-state index is -3.38. The number of carbonyl (C=O) groups is 2. The number of sulfonamides is 1. The molecule has 8 heteroatoms. The van der Waals surface area contributed by atoms with E-state index in [2.05, 4.69) is 0 Å². The minimum Gasteiger partial charge on any atom is -0.342 e. The van der Waals surface area contributed by atoms with Gasteiger partial charge in [-0.15, -0.1) is 11.3 Å². The van der Waals surface area contributed by atoms with Gasteiger partial charge in [-0.25, -0.2) is 8.42 Å². The quantitative estimate of drug-likeness (QED) is 0.748. The van der Waals surface area contributed by atoms with Crippen LogP contribution >= 0.6 is 11.3 Å². The molecule has 2 saturated heterocycles. The number of Topliss-reactive ketones (excluding diaryl/α,β-unsaturated/α-hetero) is 1. The topological polar surface area (TPSA) is 74.8 Å². The molecule has 5 atom stereocenters. The third-order valence-corrected chi connectivity index (χ3v) is 11.5. The molecule has 0 unspecified atom stereocenters. The van der Waals surface area contributed by atoms with Gasteiger partial charge in [0.1, 0.15) is 9.99 Å². The molecule has 28 heavy (non-hydrogen) atoms. The van der Waals surface area contributed by atoms with Gasteiger partial charge in [0.25, 0.3) is 10.0 Å². The van der Waals surface area contributed by atoms with Gasteiger partial charge in [0.05, 0.1) is 5.92 Å². The fraction of sp³-hybridized carbons (Fsp3) is 0.700. The van der Waals surface area contributed by atoms with Crippen molar-refractivity contribution in [2.75, 3.05) is 26.2 Å². The number of hydrogen-bond acceptors (Lipinski definition) is 5. The molecule has 4 aliphatic carbocycles. The van der Waals surface area contributed by atoms with Gasteiger partial charge in [-0.3, -0.25) is 9.59 Å². The second-order valence-corrected chi connectivity index (χ2v) is 12.5. The molecule has 7 rings (SSSR count). The number of amides is 1. The average Bonchev–Trinajstić information content (AvgIpc) is 3.28. The molecule has 4 saturated carbocycles. The number of likely N-dealkylation sites (tertiary alicyclic amines) is 1. The number of nitrogens with zero attached hydrogens (tertiary/aromatic N) is 2. The van der Waals surface area contributed by atoms with E-state index in [1.165, 1.54) is 11.3 Å². The van der Waals surface area contributed by atoms with E-state index in [0.717, 1.165) is 38.8 Å². The van der Waals surface area contributed by atoms with Crippen LogP contribution in [-0.4, -0.2) is 55.5 Å². The van der Waals surface area contributed by atoms with Crippen molar-refractivity contribution < 1.29 is 18.0 Å². The summed E-state index contributed by atoms with van der Waals surface area (Å²) in [6.45, 7) is 2.55.